The van der Waals surface area contributed by atoms with Crippen LogP contribution in [-0.2, 0) is 12.6 Å². The van der Waals surface area contributed by atoms with Gasteiger partial charge in [0.1, 0.15) is 10.3 Å². The molecular formula is C22H14F3NO4S. The highest BCUT2D eigenvalue weighted by atomic mass is 32.2. The fraction of sp³-hybridized carbons (Fsp3) is 0.182. The first kappa shape index (κ1) is 19.7. The molecule has 4 aromatic rings. The lowest BCUT2D eigenvalue weighted by molar-refractivity contribution is -0.137. The van der Waals surface area contributed by atoms with E-state index in [1.54, 1.807) is 16.7 Å². The molecule has 1 N–H and O–H groups in total. The summed E-state index contributed by atoms with van der Waals surface area (Å²) in [6, 6.07) is 9.59. The van der Waals surface area contributed by atoms with Gasteiger partial charge in [-0.25, -0.2) is 4.79 Å². The smallest absolute Gasteiger partial charge is 0.416 e. The zero-order chi connectivity index (χ0) is 22.1. The Balaban J connectivity index is 1.76. The molecule has 2 aromatic heterocycles. The SMILES string of the molecule is CC1Cc2cccc3c4oc(=O)c(Sc5cccc(C(F)(F)F)c5)c(O)c4c(=O)n1c23. The van der Waals surface area contributed by atoms with Gasteiger partial charge in [0.2, 0.25) is 0 Å². The highest BCUT2D eigenvalue weighted by Gasteiger charge is 2.31. The number of aromatic hydroxyl groups is 1. The molecule has 0 amide bonds. The second-order valence-corrected chi connectivity index (χ2v) is 8.52. The summed E-state index contributed by atoms with van der Waals surface area (Å²) < 4.78 is 46.0. The molecule has 1 aliphatic heterocycles. The average Bonchev–Trinajstić information content (AvgIpc) is 3.05. The van der Waals surface area contributed by atoms with Crippen LogP contribution in [0.3, 0.4) is 0 Å². The van der Waals surface area contributed by atoms with Gasteiger partial charge in [0, 0.05) is 16.3 Å². The molecule has 0 spiro atoms. The highest BCUT2D eigenvalue weighted by Crippen LogP contribution is 2.41. The van der Waals surface area contributed by atoms with Crippen LogP contribution in [0.5, 0.6) is 5.75 Å². The minimum absolute atomic E-state index is 0.0249. The molecular weight excluding hydrogens is 431 g/mol. The van der Waals surface area contributed by atoms with Crippen LogP contribution < -0.4 is 11.2 Å². The first-order valence-electron chi connectivity index (χ1n) is 9.38. The topological polar surface area (TPSA) is 72.4 Å². The molecule has 2 aromatic carbocycles. The van der Waals surface area contributed by atoms with E-state index in [0.717, 1.165) is 17.7 Å². The number of nitrogens with zero attached hydrogens (tertiary/aromatic N) is 1. The maximum absolute atomic E-state index is 13.2. The van der Waals surface area contributed by atoms with E-state index < -0.39 is 28.7 Å². The second kappa shape index (κ2) is 6.65. The normalized spacial score (nSPS) is 15.8. The third-order valence-corrected chi connectivity index (χ3v) is 6.49. The summed E-state index contributed by atoms with van der Waals surface area (Å²) in [5.74, 6) is -0.589. The van der Waals surface area contributed by atoms with Crippen LogP contribution >= 0.6 is 11.8 Å². The van der Waals surface area contributed by atoms with Gasteiger partial charge in [0.05, 0.1) is 11.1 Å². The van der Waals surface area contributed by atoms with E-state index in [0.29, 0.717) is 29.1 Å². The van der Waals surface area contributed by atoms with Gasteiger partial charge in [0.25, 0.3) is 5.56 Å². The van der Waals surface area contributed by atoms with E-state index in [1.807, 2.05) is 13.0 Å². The number of halogens is 3. The predicted octanol–water partition coefficient (Wildman–Crippen LogP) is 5.10. The van der Waals surface area contributed by atoms with Gasteiger partial charge in [-0.2, -0.15) is 13.2 Å². The van der Waals surface area contributed by atoms with Gasteiger partial charge >= 0.3 is 11.8 Å². The van der Waals surface area contributed by atoms with Gasteiger partial charge in [0.15, 0.2) is 11.3 Å². The van der Waals surface area contributed by atoms with Crippen molar-refractivity contribution in [3.05, 3.63) is 74.4 Å². The Morgan fingerprint density at radius 3 is 2.65 bits per heavy atom. The van der Waals surface area contributed by atoms with E-state index in [4.69, 9.17) is 4.42 Å². The molecule has 1 aliphatic rings. The molecule has 0 radical (unpaired) electrons. The van der Waals surface area contributed by atoms with Crippen molar-refractivity contribution in [2.45, 2.75) is 35.4 Å². The van der Waals surface area contributed by atoms with Crippen LogP contribution in [0.15, 0.2) is 66.3 Å². The summed E-state index contributed by atoms with van der Waals surface area (Å²) in [7, 11) is 0. The number of aromatic nitrogens is 1. The van der Waals surface area contributed by atoms with Crippen molar-refractivity contribution >= 4 is 33.6 Å². The summed E-state index contributed by atoms with van der Waals surface area (Å²) in [6.07, 6.45) is -3.93. The molecule has 3 heterocycles. The van der Waals surface area contributed by atoms with Crippen LogP contribution in [0.4, 0.5) is 13.2 Å². The largest absolute Gasteiger partial charge is 0.505 e. The number of para-hydroxylation sites is 1. The maximum atomic E-state index is 13.2. The number of pyridine rings is 1. The Morgan fingerprint density at radius 2 is 1.90 bits per heavy atom. The van der Waals surface area contributed by atoms with E-state index >= 15 is 0 Å². The monoisotopic (exact) mass is 445 g/mol. The first-order chi connectivity index (χ1) is 14.7. The van der Waals surface area contributed by atoms with E-state index in [-0.39, 0.29) is 26.8 Å². The quantitative estimate of drug-likeness (QED) is 0.435. The van der Waals surface area contributed by atoms with E-state index in [2.05, 4.69) is 0 Å². The van der Waals surface area contributed by atoms with E-state index in [1.165, 1.54) is 12.1 Å². The fourth-order valence-corrected chi connectivity index (χ4v) is 5.01. The lowest BCUT2D eigenvalue weighted by atomic mass is 10.1. The number of hydrogen-bond acceptors (Lipinski definition) is 5. The van der Waals surface area contributed by atoms with Gasteiger partial charge < -0.3 is 14.1 Å². The van der Waals surface area contributed by atoms with Gasteiger partial charge in [-0.05, 0) is 43.2 Å². The van der Waals surface area contributed by atoms with Crippen LogP contribution in [-0.4, -0.2) is 9.67 Å². The standard InChI is InChI=1S/C22H14F3NO4S/c1-10-8-11-4-2-7-14-16(11)26(10)20(28)15-17(27)19(21(29)30-18(14)15)31-13-6-3-5-12(9-13)22(23,24)25/h2-7,9-10,27H,8H2,1H3. The Morgan fingerprint density at radius 1 is 1.16 bits per heavy atom. The second-order valence-electron chi connectivity index (χ2n) is 7.44. The van der Waals surface area contributed by atoms with Gasteiger partial charge in [-0.15, -0.1) is 0 Å². The Kier molecular flexibility index (Phi) is 4.23. The minimum Gasteiger partial charge on any atom is -0.505 e. The summed E-state index contributed by atoms with van der Waals surface area (Å²) >= 11 is 0.623. The molecule has 5 rings (SSSR count). The average molecular weight is 445 g/mol. The molecule has 1 atom stereocenters. The van der Waals surface area contributed by atoms with Crippen molar-refractivity contribution in [1.29, 1.82) is 0 Å². The zero-order valence-electron chi connectivity index (χ0n) is 16.0. The molecule has 0 bridgehead atoms. The molecule has 0 saturated heterocycles. The van der Waals surface area contributed by atoms with E-state index in [9.17, 15) is 27.9 Å². The molecule has 9 heteroatoms. The Bertz CT molecular complexity index is 1500. The molecule has 1 unspecified atom stereocenters. The predicted molar refractivity (Wildman–Crippen MR) is 110 cm³/mol. The summed E-state index contributed by atoms with van der Waals surface area (Å²) in [4.78, 5) is 25.6. The zero-order valence-corrected chi connectivity index (χ0v) is 16.8. The van der Waals surface area contributed by atoms with Crippen molar-refractivity contribution in [3.63, 3.8) is 0 Å². The minimum atomic E-state index is -4.55. The van der Waals surface area contributed by atoms with Crippen molar-refractivity contribution in [3.8, 4) is 5.75 Å². The number of fused-ring (bicyclic) bond motifs is 2. The third-order valence-electron chi connectivity index (χ3n) is 5.43. The van der Waals surface area contributed by atoms with Crippen molar-refractivity contribution in [2.24, 2.45) is 0 Å². The maximum Gasteiger partial charge on any atom is 0.416 e. The van der Waals surface area contributed by atoms with Crippen molar-refractivity contribution in [2.75, 3.05) is 0 Å². The van der Waals surface area contributed by atoms with Crippen LogP contribution in [0.2, 0.25) is 0 Å². The Hall–Kier alpha value is -3.20. The third kappa shape index (κ3) is 2.95. The number of benzene rings is 2. The number of hydrogen-bond donors (Lipinski definition) is 1. The molecule has 5 nitrogen and oxygen atoms in total. The molecule has 0 fully saturated rings. The lowest BCUT2D eigenvalue weighted by Crippen LogP contribution is -2.22. The number of alkyl halides is 3. The summed E-state index contributed by atoms with van der Waals surface area (Å²) in [5, 5.41) is 11.2. The van der Waals surface area contributed by atoms with Gasteiger partial charge in [-0.3, -0.25) is 4.79 Å². The lowest BCUT2D eigenvalue weighted by Gasteiger charge is -2.13. The van der Waals surface area contributed by atoms with Crippen LogP contribution in [0, 0.1) is 0 Å². The van der Waals surface area contributed by atoms with Crippen LogP contribution in [0.25, 0.3) is 21.9 Å². The van der Waals surface area contributed by atoms with Crippen LogP contribution in [0.1, 0.15) is 24.1 Å². The van der Waals surface area contributed by atoms with Crippen molar-refractivity contribution < 1.29 is 22.7 Å². The molecule has 0 aliphatic carbocycles. The molecule has 0 saturated carbocycles. The molecule has 31 heavy (non-hydrogen) atoms. The highest BCUT2D eigenvalue weighted by molar-refractivity contribution is 7.99. The Labute approximate surface area is 176 Å². The summed E-state index contributed by atoms with van der Waals surface area (Å²) in [5.41, 5.74) is -0.747. The van der Waals surface area contributed by atoms with Crippen molar-refractivity contribution in [1.82, 2.24) is 4.57 Å². The van der Waals surface area contributed by atoms with Gasteiger partial charge in [-0.1, -0.05) is 30.0 Å². The summed E-state index contributed by atoms with van der Waals surface area (Å²) in [6.45, 7) is 1.88. The fourth-order valence-electron chi connectivity index (χ4n) is 4.12. The molecule has 158 valence electrons. The first-order valence-corrected chi connectivity index (χ1v) is 10.2. The number of rotatable bonds is 2.